The lowest BCUT2D eigenvalue weighted by atomic mass is 9.96. The summed E-state index contributed by atoms with van der Waals surface area (Å²) in [5, 5.41) is 2.45. The number of para-hydroxylation sites is 2. The first kappa shape index (κ1) is 32.2. The molecule has 0 unspecified atom stereocenters. The molecule has 10 rings (SSSR count). The van der Waals surface area contributed by atoms with Crippen molar-refractivity contribution in [2.75, 3.05) is 0 Å². The van der Waals surface area contributed by atoms with Gasteiger partial charge in [0.1, 0.15) is 0 Å². The van der Waals surface area contributed by atoms with Crippen LogP contribution < -0.4 is 0 Å². The largest absolute Gasteiger partial charge is 0.309 e. The molecule has 2 aromatic heterocycles. The van der Waals surface area contributed by atoms with Crippen molar-refractivity contribution in [3.8, 4) is 73.2 Å². The van der Waals surface area contributed by atoms with Crippen molar-refractivity contribution in [1.82, 2.24) is 19.5 Å². The predicted molar refractivity (Wildman–Crippen MR) is 227 cm³/mol. The van der Waals surface area contributed by atoms with Gasteiger partial charge in [-0.3, -0.25) is 0 Å². The van der Waals surface area contributed by atoms with E-state index < -0.39 is 0 Å². The molecule has 0 atom stereocenters. The second kappa shape index (κ2) is 13.8. The van der Waals surface area contributed by atoms with E-state index in [1.807, 2.05) is 60.7 Å². The molecular formula is C51H34N4. The topological polar surface area (TPSA) is 43.6 Å². The molecule has 0 aliphatic heterocycles. The highest BCUT2D eigenvalue weighted by Gasteiger charge is 2.18. The fourth-order valence-electron chi connectivity index (χ4n) is 7.60. The summed E-state index contributed by atoms with van der Waals surface area (Å²) in [4.78, 5) is 14.8. The van der Waals surface area contributed by atoms with Gasteiger partial charge in [-0.05, 0) is 64.2 Å². The Morgan fingerprint density at radius 3 is 1.31 bits per heavy atom. The molecule has 258 valence electrons. The van der Waals surface area contributed by atoms with Crippen LogP contribution in [0.4, 0.5) is 0 Å². The summed E-state index contributed by atoms with van der Waals surface area (Å²) >= 11 is 0. The Kier molecular flexibility index (Phi) is 8.12. The SMILES string of the molecule is c1ccc(-c2nc(-c3ccccc3)nc(-c3cccc(-c4cccc(-c5ccc6c(c5)c5cccc(-c7ccccc7)c5n6-c5ccccc5)c4)c3)n2)cc1. The lowest BCUT2D eigenvalue weighted by Gasteiger charge is -2.12. The molecule has 0 bridgehead atoms. The molecule has 8 aromatic carbocycles. The summed E-state index contributed by atoms with van der Waals surface area (Å²) < 4.78 is 2.41. The van der Waals surface area contributed by atoms with Gasteiger partial charge in [-0.1, -0.05) is 170 Å². The Morgan fingerprint density at radius 2 is 0.727 bits per heavy atom. The van der Waals surface area contributed by atoms with Crippen LogP contribution in [0.25, 0.3) is 95.0 Å². The summed E-state index contributed by atoms with van der Waals surface area (Å²) in [6.45, 7) is 0. The van der Waals surface area contributed by atoms with Crippen LogP contribution >= 0.6 is 0 Å². The average molecular weight is 703 g/mol. The maximum atomic E-state index is 4.98. The lowest BCUT2D eigenvalue weighted by molar-refractivity contribution is 1.07. The fourth-order valence-corrected chi connectivity index (χ4v) is 7.60. The van der Waals surface area contributed by atoms with Crippen LogP contribution in [0.1, 0.15) is 0 Å². The molecule has 2 heterocycles. The fraction of sp³-hybridized carbons (Fsp3) is 0. The van der Waals surface area contributed by atoms with E-state index in [2.05, 4.69) is 150 Å². The highest BCUT2D eigenvalue weighted by Crippen LogP contribution is 2.40. The van der Waals surface area contributed by atoms with Crippen molar-refractivity contribution in [1.29, 1.82) is 0 Å². The third-order valence-corrected chi connectivity index (χ3v) is 10.2. The number of nitrogens with zero attached hydrogens (tertiary/aromatic N) is 4. The minimum absolute atomic E-state index is 0.640. The zero-order valence-corrected chi connectivity index (χ0v) is 29.9. The van der Waals surface area contributed by atoms with Crippen LogP contribution in [0, 0.1) is 0 Å². The van der Waals surface area contributed by atoms with Gasteiger partial charge in [-0.2, -0.15) is 0 Å². The molecule has 0 N–H and O–H groups in total. The average Bonchev–Trinajstić information content (AvgIpc) is 3.61. The summed E-state index contributed by atoms with van der Waals surface area (Å²) in [6.07, 6.45) is 0. The van der Waals surface area contributed by atoms with Gasteiger partial charge < -0.3 is 4.57 Å². The van der Waals surface area contributed by atoms with Crippen molar-refractivity contribution in [3.63, 3.8) is 0 Å². The number of hydrogen-bond acceptors (Lipinski definition) is 3. The standard InChI is InChI=1S/C51H34N4/c1-5-16-35(17-6-1)44-28-15-29-45-46-34-41(30-31-47(46)55(48(44)45)43-26-11-4-12-27-43)39-23-13-22-38(32-39)40-24-14-25-42(33-40)51-53-49(36-18-7-2-8-19-36)52-50(54-51)37-20-9-3-10-21-37/h1-34H. The number of hydrogen-bond donors (Lipinski definition) is 0. The minimum atomic E-state index is 0.640. The van der Waals surface area contributed by atoms with Gasteiger partial charge in [0.05, 0.1) is 11.0 Å². The van der Waals surface area contributed by atoms with Gasteiger partial charge in [0.25, 0.3) is 0 Å². The second-order valence-corrected chi connectivity index (χ2v) is 13.7. The Hall–Kier alpha value is -7.43. The number of aromatic nitrogens is 4. The van der Waals surface area contributed by atoms with Gasteiger partial charge in [-0.25, -0.2) is 15.0 Å². The molecule has 0 fully saturated rings. The van der Waals surface area contributed by atoms with E-state index in [-0.39, 0.29) is 0 Å². The molecule has 0 aliphatic rings. The zero-order chi connectivity index (χ0) is 36.6. The molecule has 0 saturated heterocycles. The van der Waals surface area contributed by atoms with Crippen LogP contribution in [0.2, 0.25) is 0 Å². The van der Waals surface area contributed by atoms with Gasteiger partial charge >= 0.3 is 0 Å². The Morgan fingerprint density at radius 1 is 0.291 bits per heavy atom. The second-order valence-electron chi connectivity index (χ2n) is 13.7. The Labute approximate surface area is 319 Å². The molecule has 0 aliphatic carbocycles. The third kappa shape index (κ3) is 6.06. The summed E-state index contributed by atoms with van der Waals surface area (Å²) in [5.41, 5.74) is 13.3. The molecule has 0 amide bonds. The molecule has 4 nitrogen and oxygen atoms in total. The Bertz CT molecular complexity index is 2900. The van der Waals surface area contributed by atoms with Crippen LogP contribution in [0.15, 0.2) is 206 Å². The lowest BCUT2D eigenvalue weighted by Crippen LogP contribution is -2.00. The van der Waals surface area contributed by atoms with Crippen molar-refractivity contribution in [2.45, 2.75) is 0 Å². The van der Waals surface area contributed by atoms with Crippen molar-refractivity contribution < 1.29 is 0 Å². The molecule has 4 heteroatoms. The van der Waals surface area contributed by atoms with E-state index in [0.29, 0.717) is 17.5 Å². The first-order chi connectivity index (χ1) is 27.3. The summed E-state index contributed by atoms with van der Waals surface area (Å²) in [6, 6.07) is 72.4. The van der Waals surface area contributed by atoms with E-state index in [0.717, 1.165) is 39.1 Å². The normalized spacial score (nSPS) is 11.3. The number of fused-ring (bicyclic) bond motifs is 3. The Balaban J connectivity index is 1.07. The molecule has 0 radical (unpaired) electrons. The van der Waals surface area contributed by atoms with E-state index in [1.165, 1.54) is 38.5 Å². The smallest absolute Gasteiger partial charge is 0.164 e. The van der Waals surface area contributed by atoms with E-state index >= 15 is 0 Å². The van der Waals surface area contributed by atoms with Crippen molar-refractivity contribution in [2.24, 2.45) is 0 Å². The highest BCUT2D eigenvalue weighted by molar-refractivity contribution is 6.14. The van der Waals surface area contributed by atoms with Crippen molar-refractivity contribution in [3.05, 3.63) is 206 Å². The van der Waals surface area contributed by atoms with Gasteiger partial charge in [-0.15, -0.1) is 0 Å². The quantitative estimate of drug-likeness (QED) is 0.166. The first-order valence-electron chi connectivity index (χ1n) is 18.5. The van der Waals surface area contributed by atoms with Gasteiger partial charge in [0, 0.05) is 38.7 Å². The van der Waals surface area contributed by atoms with E-state index in [1.54, 1.807) is 0 Å². The first-order valence-corrected chi connectivity index (χ1v) is 18.5. The van der Waals surface area contributed by atoms with Crippen LogP contribution in [0.5, 0.6) is 0 Å². The number of benzene rings is 8. The zero-order valence-electron chi connectivity index (χ0n) is 29.9. The maximum Gasteiger partial charge on any atom is 0.164 e. The van der Waals surface area contributed by atoms with Crippen molar-refractivity contribution >= 4 is 21.8 Å². The summed E-state index contributed by atoms with van der Waals surface area (Å²) in [5.74, 6) is 1.94. The van der Waals surface area contributed by atoms with Gasteiger partial charge in [0.2, 0.25) is 0 Å². The van der Waals surface area contributed by atoms with E-state index in [9.17, 15) is 0 Å². The molecule has 0 saturated carbocycles. The van der Waals surface area contributed by atoms with Gasteiger partial charge in [0.15, 0.2) is 17.5 Å². The molecule has 10 aromatic rings. The molecule has 0 spiro atoms. The minimum Gasteiger partial charge on any atom is -0.309 e. The molecule has 55 heavy (non-hydrogen) atoms. The summed E-state index contributed by atoms with van der Waals surface area (Å²) in [7, 11) is 0. The monoisotopic (exact) mass is 702 g/mol. The molecular weight excluding hydrogens is 669 g/mol. The third-order valence-electron chi connectivity index (χ3n) is 10.2. The van der Waals surface area contributed by atoms with E-state index in [4.69, 9.17) is 15.0 Å². The van der Waals surface area contributed by atoms with Crippen LogP contribution in [-0.2, 0) is 0 Å². The predicted octanol–water partition coefficient (Wildman–Crippen LogP) is 13.0. The number of rotatable bonds is 7. The van der Waals surface area contributed by atoms with Crippen LogP contribution in [-0.4, -0.2) is 19.5 Å². The maximum absolute atomic E-state index is 4.98. The van der Waals surface area contributed by atoms with Crippen LogP contribution in [0.3, 0.4) is 0 Å². The highest BCUT2D eigenvalue weighted by atomic mass is 15.0.